The second kappa shape index (κ2) is 6.63. The lowest BCUT2D eigenvalue weighted by atomic mass is 10.1. The first-order chi connectivity index (χ1) is 9.20. The quantitative estimate of drug-likeness (QED) is 0.385. The van der Waals surface area contributed by atoms with Crippen molar-refractivity contribution in [3.05, 3.63) is 28.8 Å². The third-order valence-electron chi connectivity index (χ3n) is 3.03. The van der Waals surface area contributed by atoms with E-state index < -0.39 is 0 Å². The molecule has 1 heterocycles. The molecule has 1 fully saturated rings. The molecule has 3 N–H and O–H groups in total. The highest BCUT2D eigenvalue weighted by atomic mass is 35.5. The second-order valence-corrected chi connectivity index (χ2v) is 4.83. The third-order valence-corrected chi connectivity index (χ3v) is 3.35. The molecule has 2 rings (SSSR count). The lowest BCUT2D eigenvalue weighted by Crippen LogP contribution is -2.25. The van der Waals surface area contributed by atoms with Gasteiger partial charge in [0.05, 0.1) is 11.1 Å². The maximum atomic E-state index is 8.61. The van der Waals surface area contributed by atoms with Gasteiger partial charge in [-0.1, -0.05) is 16.8 Å². The molecular weight excluding hydrogens is 268 g/mol. The summed E-state index contributed by atoms with van der Waals surface area (Å²) in [5.41, 5.74) is 5.97. The summed E-state index contributed by atoms with van der Waals surface area (Å²) in [5, 5.41) is 11.9. The number of oxime groups is 1. The van der Waals surface area contributed by atoms with Crippen molar-refractivity contribution in [3.8, 4) is 5.75 Å². The second-order valence-electron chi connectivity index (χ2n) is 4.43. The lowest BCUT2D eigenvalue weighted by molar-refractivity contribution is -0.0110. The molecule has 0 radical (unpaired) electrons. The minimum Gasteiger partial charge on any atom is -0.491 e. The van der Waals surface area contributed by atoms with E-state index in [0.29, 0.717) is 22.9 Å². The Morgan fingerprint density at radius 1 is 1.53 bits per heavy atom. The fraction of sp³-hybridized carbons (Fsp3) is 0.462. The Balaban J connectivity index is 1.96. The van der Waals surface area contributed by atoms with Crippen LogP contribution in [-0.2, 0) is 4.74 Å². The molecule has 1 atom stereocenters. The molecule has 1 unspecified atom stereocenters. The fourth-order valence-corrected chi connectivity index (χ4v) is 2.24. The summed E-state index contributed by atoms with van der Waals surface area (Å²) < 4.78 is 11.2. The Labute approximate surface area is 116 Å². The monoisotopic (exact) mass is 284 g/mol. The molecule has 0 spiro atoms. The number of halogens is 1. The van der Waals surface area contributed by atoms with E-state index in [1.165, 1.54) is 6.42 Å². The van der Waals surface area contributed by atoms with Crippen LogP contribution in [0.15, 0.2) is 23.4 Å². The van der Waals surface area contributed by atoms with Gasteiger partial charge >= 0.3 is 0 Å². The number of rotatable bonds is 4. The highest BCUT2D eigenvalue weighted by molar-refractivity contribution is 6.34. The maximum absolute atomic E-state index is 8.61. The number of nitrogens with two attached hydrogens (primary N) is 1. The normalized spacial score (nSPS) is 20.3. The van der Waals surface area contributed by atoms with Crippen LogP contribution >= 0.6 is 11.6 Å². The van der Waals surface area contributed by atoms with Crippen LogP contribution in [0.4, 0.5) is 0 Å². The Morgan fingerprint density at radius 3 is 3.00 bits per heavy atom. The van der Waals surface area contributed by atoms with Crippen molar-refractivity contribution in [1.29, 1.82) is 0 Å². The van der Waals surface area contributed by atoms with Crippen LogP contribution in [-0.4, -0.2) is 30.4 Å². The molecule has 1 aromatic carbocycles. The van der Waals surface area contributed by atoms with Crippen molar-refractivity contribution in [2.45, 2.75) is 25.4 Å². The van der Waals surface area contributed by atoms with Gasteiger partial charge in [-0.25, -0.2) is 0 Å². The molecule has 1 aliphatic rings. The molecular formula is C13H17ClN2O3. The van der Waals surface area contributed by atoms with Gasteiger partial charge in [0.1, 0.15) is 12.4 Å². The van der Waals surface area contributed by atoms with E-state index in [4.69, 9.17) is 32.0 Å². The molecule has 1 aromatic rings. The van der Waals surface area contributed by atoms with E-state index in [1.54, 1.807) is 18.2 Å². The SMILES string of the molecule is NC(=NO)c1ccc(OCC2CCCCO2)cc1Cl. The van der Waals surface area contributed by atoms with Gasteiger partial charge in [0, 0.05) is 12.2 Å². The molecule has 0 saturated carbocycles. The standard InChI is InChI=1S/C13H17ClN2O3/c14-12-7-9(4-5-11(12)13(15)16-17)19-8-10-3-1-2-6-18-10/h4-5,7,10,17H,1-3,6,8H2,(H2,15,16). The number of hydrogen-bond donors (Lipinski definition) is 2. The predicted octanol–water partition coefficient (Wildman–Crippen LogP) is 2.38. The Bertz CT molecular complexity index is 459. The Hall–Kier alpha value is -1.46. The van der Waals surface area contributed by atoms with Crippen LogP contribution in [0.25, 0.3) is 0 Å². The van der Waals surface area contributed by atoms with Gasteiger partial charge in [-0.15, -0.1) is 0 Å². The van der Waals surface area contributed by atoms with Gasteiger partial charge in [-0.3, -0.25) is 0 Å². The molecule has 0 bridgehead atoms. The molecule has 1 saturated heterocycles. The van der Waals surface area contributed by atoms with Crippen LogP contribution in [0.3, 0.4) is 0 Å². The van der Waals surface area contributed by atoms with Crippen LogP contribution < -0.4 is 10.5 Å². The molecule has 0 aliphatic carbocycles. The molecule has 104 valence electrons. The summed E-state index contributed by atoms with van der Waals surface area (Å²) in [5.74, 6) is 0.626. The van der Waals surface area contributed by atoms with Crippen LogP contribution in [0.2, 0.25) is 5.02 Å². The highest BCUT2D eigenvalue weighted by Gasteiger charge is 2.15. The zero-order valence-corrected chi connectivity index (χ0v) is 11.3. The fourth-order valence-electron chi connectivity index (χ4n) is 1.98. The maximum Gasteiger partial charge on any atom is 0.171 e. The summed E-state index contributed by atoms with van der Waals surface area (Å²) in [6.45, 7) is 1.32. The van der Waals surface area contributed by atoms with Crippen LogP contribution in [0.1, 0.15) is 24.8 Å². The topological polar surface area (TPSA) is 77.1 Å². The van der Waals surface area contributed by atoms with Gasteiger partial charge in [-0.2, -0.15) is 0 Å². The summed E-state index contributed by atoms with van der Waals surface area (Å²) in [6.07, 6.45) is 3.47. The molecule has 19 heavy (non-hydrogen) atoms. The predicted molar refractivity (Wildman–Crippen MR) is 73.0 cm³/mol. The van der Waals surface area contributed by atoms with Crippen LogP contribution in [0, 0.1) is 0 Å². The van der Waals surface area contributed by atoms with E-state index >= 15 is 0 Å². The van der Waals surface area contributed by atoms with Crippen molar-refractivity contribution in [1.82, 2.24) is 0 Å². The van der Waals surface area contributed by atoms with Gasteiger partial charge in [-0.05, 0) is 37.5 Å². The number of benzene rings is 1. The van der Waals surface area contributed by atoms with Gasteiger partial charge in [0.2, 0.25) is 0 Å². The average Bonchev–Trinajstić information content (AvgIpc) is 2.45. The van der Waals surface area contributed by atoms with Gasteiger partial charge in [0.15, 0.2) is 5.84 Å². The summed E-state index contributed by atoms with van der Waals surface area (Å²) >= 11 is 6.04. The van der Waals surface area contributed by atoms with Crippen molar-refractivity contribution >= 4 is 17.4 Å². The minimum atomic E-state index is -0.0211. The van der Waals surface area contributed by atoms with E-state index in [2.05, 4.69) is 5.16 Å². The van der Waals surface area contributed by atoms with Gasteiger partial charge in [0.25, 0.3) is 0 Å². The highest BCUT2D eigenvalue weighted by Crippen LogP contribution is 2.23. The third kappa shape index (κ3) is 3.75. The number of hydrogen-bond acceptors (Lipinski definition) is 4. The summed E-state index contributed by atoms with van der Waals surface area (Å²) in [4.78, 5) is 0. The van der Waals surface area contributed by atoms with Gasteiger partial charge < -0.3 is 20.4 Å². The van der Waals surface area contributed by atoms with E-state index in [1.807, 2.05) is 0 Å². The van der Waals surface area contributed by atoms with E-state index in [9.17, 15) is 0 Å². The summed E-state index contributed by atoms with van der Waals surface area (Å²) in [7, 11) is 0. The smallest absolute Gasteiger partial charge is 0.171 e. The number of ether oxygens (including phenoxy) is 2. The number of nitrogens with zero attached hydrogens (tertiary/aromatic N) is 1. The van der Waals surface area contributed by atoms with Crippen molar-refractivity contribution in [2.24, 2.45) is 10.9 Å². The Kier molecular flexibility index (Phi) is 4.87. The molecule has 0 amide bonds. The molecule has 1 aliphatic heterocycles. The molecule has 5 nitrogen and oxygen atoms in total. The van der Waals surface area contributed by atoms with Crippen LogP contribution in [0.5, 0.6) is 5.75 Å². The van der Waals surface area contributed by atoms with Crippen molar-refractivity contribution in [2.75, 3.05) is 13.2 Å². The average molecular weight is 285 g/mol. The first-order valence-corrected chi connectivity index (χ1v) is 6.60. The van der Waals surface area contributed by atoms with Crippen molar-refractivity contribution in [3.63, 3.8) is 0 Å². The zero-order valence-electron chi connectivity index (χ0n) is 10.5. The Morgan fingerprint density at radius 2 is 2.37 bits per heavy atom. The minimum absolute atomic E-state index is 0.0211. The summed E-state index contributed by atoms with van der Waals surface area (Å²) in [6, 6.07) is 5.05. The zero-order chi connectivity index (χ0) is 13.7. The largest absolute Gasteiger partial charge is 0.491 e. The molecule has 0 aromatic heterocycles. The van der Waals surface area contributed by atoms with Crippen molar-refractivity contribution < 1.29 is 14.7 Å². The number of amidine groups is 1. The first kappa shape index (κ1) is 14.0. The lowest BCUT2D eigenvalue weighted by Gasteiger charge is -2.22. The molecule has 6 heteroatoms. The van der Waals surface area contributed by atoms with E-state index in [0.717, 1.165) is 19.4 Å². The first-order valence-electron chi connectivity index (χ1n) is 6.22. The van der Waals surface area contributed by atoms with E-state index in [-0.39, 0.29) is 11.9 Å².